The number of hydrogen-bond acceptors (Lipinski definition) is 3. The summed E-state index contributed by atoms with van der Waals surface area (Å²) in [7, 11) is 0. The van der Waals surface area contributed by atoms with Crippen molar-refractivity contribution in [2.24, 2.45) is 5.92 Å². The van der Waals surface area contributed by atoms with Gasteiger partial charge in [0, 0.05) is 36.6 Å². The van der Waals surface area contributed by atoms with Gasteiger partial charge in [0.05, 0.1) is 0 Å². The minimum absolute atomic E-state index is 0.227. The predicted molar refractivity (Wildman–Crippen MR) is 93.2 cm³/mol. The van der Waals surface area contributed by atoms with Gasteiger partial charge in [-0.15, -0.1) is 0 Å². The molecule has 2 fully saturated rings. The molecule has 1 aromatic carbocycles. The fourth-order valence-electron chi connectivity index (χ4n) is 3.63. The predicted octanol–water partition coefficient (Wildman–Crippen LogP) is 2.61. The van der Waals surface area contributed by atoms with Crippen molar-refractivity contribution in [3.63, 3.8) is 0 Å². The van der Waals surface area contributed by atoms with Crippen molar-refractivity contribution in [3.05, 3.63) is 35.9 Å². The number of amides is 1. The van der Waals surface area contributed by atoms with Crippen LogP contribution in [0.15, 0.2) is 30.3 Å². The van der Waals surface area contributed by atoms with Gasteiger partial charge in [0.1, 0.15) is 0 Å². The standard InChI is InChI=1S/C18H26N2OS/c21-18(12-16-13-22-10-9-19-16)20-17-8-4-7-15(17)11-14-5-2-1-3-6-14/h1-3,5-6,15-17,19H,4,7-13H2,(H,20,21). The Bertz CT molecular complexity index is 473. The van der Waals surface area contributed by atoms with Crippen molar-refractivity contribution in [1.82, 2.24) is 10.6 Å². The molecule has 1 heterocycles. The first kappa shape index (κ1) is 15.9. The molecule has 2 N–H and O–H groups in total. The van der Waals surface area contributed by atoms with E-state index in [0.717, 1.165) is 25.1 Å². The maximum atomic E-state index is 12.3. The number of rotatable bonds is 5. The number of thioether (sulfide) groups is 1. The lowest BCUT2D eigenvalue weighted by molar-refractivity contribution is -0.122. The first-order valence-electron chi connectivity index (χ1n) is 8.45. The smallest absolute Gasteiger partial charge is 0.221 e. The molecule has 0 radical (unpaired) electrons. The van der Waals surface area contributed by atoms with Crippen molar-refractivity contribution >= 4 is 17.7 Å². The van der Waals surface area contributed by atoms with Gasteiger partial charge >= 0.3 is 0 Å². The molecule has 3 atom stereocenters. The lowest BCUT2D eigenvalue weighted by atomic mass is 9.94. The minimum Gasteiger partial charge on any atom is -0.353 e. The molecule has 0 spiro atoms. The van der Waals surface area contributed by atoms with E-state index >= 15 is 0 Å². The second kappa shape index (κ2) is 8.02. The number of benzene rings is 1. The van der Waals surface area contributed by atoms with Crippen LogP contribution in [0.2, 0.25) is 0 Å². The normalized spacial score (nSPS) is 28.5. The maximum Gasteiger partial charge on any atom is 0.221 e. The van der Waals surface area contributed by atoms with Gasteiger partial charge in [-0.05, 0) is 30.7 Å². The highest BCUT2D eigenvalue weighted by atomic mass is 32.2. The molecule has 120 valence electrons. The first-order valence-corrected chi connectivity index (χ1v) is 9.61. The van der Waals surface area contributed by atoms with E-state index in [1.807, 2.05) is 11.8 Å². The maximum absolute atomic E-state index is 12.3. The van der Waals surface area contributed by atoms with Crippen molar-refractivity contribution in [1.29, 1.82) is 0 Å². The SMILES string of the molecule is O=C(CC1CSCCN1)NC1CCCC1Cc1ccccc1. The molecule has 2 aliphatic rings. The Labute approximate surface area is 137 Å². The third-order valence-corrected chi connectivity index (χ3v) is 5.91. The van der Waals surface area contributed by atoms with Gasteiger partial charge in [-0.2, -0.15) is 11.8 Å². The number of hydrogen-bond donors (Lipinski definition) is 2. The van der Waals surface area contributed by atoms with Crippen LogP contribution in [0.4, 0.5) is 0 Å². The molecule has 0 bridgehead atoms. The Morgan fingerprint density at radius 1 is 1.27 bits per heavy atom. The topological polar surface area (TPSA) is 41.1 Å². The van der Waals surface area contributed by atoms with Crippen molar-refractivity contribution < 1.29 is 4.79 Å². The summed E-state index contributed by atoms with van der Waals surface area (Å²) in [5.41, 5.74) is 1.39. The molecule has 3 nitrogen and oxygen atoms in total. The Kier molecular flexibility index (Phi) is 5.79. The lowest BCUT2D eigenvalue weighted by Crippen LogP contribution is -2.44. The molecule has 0 aromatic heterocycles. The second-order valence-electron chi connectivity index (χ2n) is 6.48. The van der Waals surface area contributed by atoms with Gasteiger partial charge in [-0.1, -0.05) is 36.8 Å². The number of nitrogens with one attached hydrogen (secondary N) is 2. The monoisotopic (exact) mass is 318 g/mol. The average Bonchev–Trinajstić information content (AvgIpc) is 2.96. The lowest BCUT2D eigenvalue weighted by Gasteiger charge is -2.25. The Morgan fingerprint density at radius 2 is 2.14 bits per heavy atom. The van der Waals surface area contributed by atoms with E-state index in [1.165, 1.54) is 24.2 Å². The van der Waals surface area contributed by atoms with E-state index in [9.17, 15) is 4.79 Å². The first-order chi connectivity index (χ1) is 10.8. The third kappa shape index (κ3) is 4.50. The average molecular weight is 318 g/mol. The summed E-state index contributed by atoms with van der Waals surface area (Å²) >= 11 is 1.95. The van der Waals surface area contributed by atoms with Crippen molar-refractivity contribution in [2.45, 2.75) is 44.2 Å². The summed E-state index contributed by atoms with van der Waals surface area (Å²) in [6.07, 6.45) is 5.32. The molecular formula is C18H26N2OS. The van der Waals surface area contributed by atoms with Crippen LogP contribution in [0.1, 0.15) is 31.2 Å². The summed E-state index contributed by atoms with van der Waals surface area (Å²) in [5, 5.41) is 6.75. The van der Waals surface area contributed by atoms with E-state index in [4.69, 9.17) is 0 Å². The molecule has 1 saturated carbocycles. The number of carbonyl (C=O) groups is 1. The highest BCUT2D eigenvalue weighted by Gasteiger charge is 2.29. The highest BCUT2D eigenvalue weighted by molar-refractivity contribution is 7.99. The zero-order valence-corrected chi connectivity index (χ0v) is 13.9. The summed E-state index contributed by atoms with van der Waals surface area (Å²) in [5.74, 6) is 3.05. The third-order valence-electron chi connectivity index (χ3n) is 4.78. The summed E-state index contributed by atoms with van der Waals surface area (Å²) in [4.78, 5) is 12.3. The van der Waals surface area contributed by atoms with Gasteiger partial charge < -0.3 is 10.6 Å². The minimum atomic E-state index is 0.227. The summed E-state index contributed by atoms with van der Waals surface area (Å²) in [6.45, 7) is 1.03. The van der Waals surface area contributed by atoms with E-state index in [0.29, 0.717) is 24.4 Å². The Balaban J connectivity index is 1.49. The summed E-state index contributed by atoms with van der Waals surface area (Å²) in [6, 6.07) is 11.4. The summed E-state index contributed by atoms with van der Waals surface area (Å²) < 4.78 is 0. The zero-order valence-electron chi connectivity index (χ0n) is 13.1. The van der Waals surface area contributed by atoms with Gasteiger partial charge in [0.25, 0.3) is 0 Å². The van der Waals surface area contributed by atoms with Crippen molar-refractivity contribution in [2.75, 3.05) is 18.1 Å². The van der Waals surface area contributed by atoms with Crippen LogP contribution in [0.25, 0.3) is 0 Å². The zero-order chi connectivity index (χ0) is 15.2. The molecule has 1 aromatic rings. The van der Waals surface area contributed by atoms with Crippen LogP contribution < -0.4 is 10.6 Å². The van der Waals surface area contributed by atoms with E-state index in [-0.39, 0.29) is 5.91 Å². The van der Waals surface area contributed by atoms with E-state index < -0.39 is 0 Å². The van der Waals surface area contributed by atoms with Gasteiger partial charge in [-0.3, -0.25) is 4.79 Å². The molecule has 3 unspecified atom stereocenters. The van der Waals surface area contributed by atoms with Crippen molar-refractivity contribution in [3.8, 4) is 0 Å². The van der Waals surface area contributed by atoms with Crippen LogP contribution in [0.5, 0.6) is 0 Å². The molecule has 3 rings (SSSR count). The second-order valence-corrected chi connectivity index (χ2v) is 7.63. The quantitative estimate of drug-likeness (QED) is 0.877. The van der Waals surface area contributed by atoms with Crippen LogP contribution in [0.3, 0.4) is 0 Å². The molecule has 4 heteroatoms. The van der Waals surface area contributed by atoms with Gasteiger partial charge in [-0.25, -0.2) is 0 Å². The fourth-order valence-corrected chi connectivity index (χ4v) is 4.58. The Morgan fingerprint density at radius 3 is 2.91 bits per heavy atom. The van der Waals surface area contributed by atoms with E-state index in [1.54, 1.807) is 0 Å². The molecule has 1 saturated heterocycles. The fraction of sp³-hybridized carbons (Fsp3) is 0.611. The molecule has 1 aliphatic heterocycles. The molecule has 1 amide bonds. The number of carbonyl (C=O) groups excluding carboxylic acids is 1. The van der Waals surface area contributed by atoms with E-state index in [2.05, 4.69) is 41.0 Å². The largest absolute Gasteiger partial charge is 0.353 e. The van der Waals surface area contributed by atoms with Crippen LogP contribution in [-0.4, -0.2) is 36.0 Å². The Hall–Kier alpha value is -1.00. The van der Waals surface area contributed by atoms with Crippen LogP contribution >= 0.6 is 11.8 Å². The van der Waals surface area contributed by atoms with Gasteiger partial charge in [0.2, 0.25) is 5.91 Å². The highest BCUT2D eigenvalue weighted by Crippen LogP contribution is 2.29. The molecule has 1 aliphatic carbocycles. The van der Waals surface area contributed by atoms with Crippen LogP contribution in [-0.2, 0) is 11.2 Å². The molecule has 22 heavy (non-hydrogen) atoms. The molecular weight excluding hydrogens is 292 g/mol. The van der Waals surface area contributed by atoms with Crippen LogP contribution in [0, 0.1) is 5.92 Å². The van der Waals surface area contributed by atoms with Gasteiger partial charge in [0.15, 0.2) is 0 Å².